The number of para-hydroxylation sites is 1. The molecule has 0 aliphatic carbocycles. The van der Waals surface area contributed by atoms with Crippen LogP contribution in [0.5, 0.6) is 11.5 Å². The lowest BCUT2D eigenvalue weighted by atomic mass is 10.3. The van der Waals surface area contributed by atoms with E-state index in [4.69, 9.17) is 16.3 Å². The molecule has 1 aromatic heterocycles. The molecule has 0 radical (unpaired) electrons. The number of halogens is 2. The molecule has 0 spiro atoms. The molecule has 0 aliphatic heterocycles. The lowest BCUT2D eigenvalue weighted by Crippen LogP contribution is -1.94. The van der Waals surface area contributed by atoms with Crippen molar-refractivity contribution in [2.75, 3.05) is 0 Å². The Kier molecular flexibility index (Phi) is 3.78. The second-order valence-corrected chi connectivity index (χ2v) is 4.61. The van der Waals surface area contributed by atoms with Crippen LogP contribution in [0.15, 0.2) is 41.1 Å². The molecule has 1 heterocycles. The van der Waals surface area contributed by atoms with Crippen molar-refractivity contribution in [1.29, 1.82) is 0 Å². The number of nitrogens with zero attached hydrogens (tertiary/aromatic N) is 2. The molecule has 0 unspecified atom stereocenters. The van der Waals surface area contributed by atoms with Gasteiger partial charge in [-0.25, -0.2) is 0 Å². The van der Waals surface area contributed by atoms with Crippen LogP contribution in [-0.4, -0.2) is 9.91 Å². The summed E-state index contributed by atoms with van der Waals surface area (Å²) in [5.74, 6) is 0.460. The Hall–Kier alpha value is -1.66. The second-order valence-electron chi connectivity index (χ2n) is 3.28. The third-order valence-electron chi connectivity index (χ3n) is 2.04. The number of ether oxygens (including phenoxy) is 1. The highest BCUT2D eigenvalue weighted by Crippen LogP contribution is 2.37. The van der Waals surface area contributed by atoms with Crippen molar-refractivity contribution in [2.24, 2.45) is 0 Å². The first-order chi connectivity index (χ1) is 8.58. The first-order valence-electron chi connectivity index (χ1n) is 4.79. The van der Waals surface area contributed by atoms with Crippen LogP contribution >= 0.6 is 27.5 Å². The van der Waals surface area contributed by atoms with E-state index in [1.165, 1.54) is 18.3 Å². The van der Waals surface area contributed by atoms with Gasteiger partial charge in [-0.2, -0.15) is 0 Å². The summed E-state index contributed by atoms with van der Waals surface area (Å²) in [6.07, 6.45) is 3.04. The molecule has 7 heteroatoms. The Bertz CT molecular complexity index is 607. The van der Waals surface area contributed by atoms with Crippen molar-refractivity contribution in [3.63, 3.8) is 0 Å². The van der Waals surface area contributed by atoms with Crippen molar-refractivity contribution in [3.8, 4) is 11.5 Å². The Morgan fingerprint density at radius 2 is 2.17 bits per heavy atom. The molecular formula is C11H6BrClN2O3. The Morgan fingerprint density at radius 3 is 2.83 bits per heavy atom. The van der Waals surface area contributed by atoms with Gasteiger partial charge in [-0.15, -0.1) is 0 Å². The third kappa shape index (κ3) is 2.77. The smallest absolute Gasteiger partial charge is 0.329 e. The fourth-order valence-electron chi connectivity index (χ4n) is 1.33. The van der Waals surface area contributed by atoms with Gasteiger partial charge >= 0.3 is 5.69 Å². The van der Waals surface area contributed by atoms with Crippen molar-refractivity contribution in [3.05, 3.63) is 56.3 Å². The minimum atomic E-state index is -0.580. The topological polar surface area (TPSA) is 65.3 Å². The van der Waals surface area contributed by atoms with E-state index in [1.54, 1.807) is 18.3 Å². The van der Waals surface area contributed by atoms with Gasteiger partial charge in [-0.3, -0.25) is 15.1 Å². The van der Waals surface area contributed by atoms with E-state index < -0.39 is 4.92 Å². The number of rotatable bonds is 3. The zero-order chi connectivity index (χ0) is 13.1. The largest absolute Gasteiger partial charge is 0.448 e. The quantitative estimate of drug-likeness (QED) is 0.625. The van der Waals surface area contributed by atoms with Gasteiger partial charge in [0.15, 0.2) is 0 Å². The van der Waals surface area contributed by atoms with Crippen LogP contribution in [0.4, 0.5) is 5.69 Å². The highest BCUT2D eigenvalue weighted by Gasteiger charge is 2.20. The molecule has 92 valence electrons. The van der Waals surface area contributed by atoms with Gasteiger partial charge in [0.2, 0.25) is 5.75 Å². The maximum Gasteiger partial charge on any atom is 0.329 e. The van der Waals surface area contributed by atoms with Crippen LogP contribution in [0.2, 0.25) is 5.02 Å². The van der Waals surface area contributed by atoms with Crippen LogP contribution in [-0.2, 0) is 0 Å². The van der Waals surface area contributed by atoms with Gasteiger partial charge in [0.25, 0.3) is 0 Å². The lowest BCUT2D eigenvalue weighted by Gasteiger charge is -2.06. The maximum absolute atomic E-state index is 10.9. The molecule has 0 atom stereocenters. The molecule has 0 bridgehead atoms. The van der Waals surface area contributed by atoms with E-state index in [1.807, 2.05) is 0 Å². The second kappa shape index (κ2) is 5.32. The summed E-state index contributed by atoms with van der Waals surface area (Å²) < 4.78 is 6.13. The van der Waals surface area contributed by atoms with Crippen molar-refractivity contribution < 1.29 is 9.66 Å². The van der Waals surface area contributed by atoms with Crippen LogP contribution in [0, 0.1) is 10.1 Å². The molecule has 2 rings (SSSR count). The van der Waals surface area contributed by atoms with Crippen LogP contribution < -0.4 is 4.74 Å². The molecular weight excluding hydrogens is 323 g/mol. The minimum absolute atomic E-state index is 0.0282. The zero-order valence-corrected chi connectivity index (χ0v) is 11.2. The highest BCUT2D eigenvalue weighted by molar-refractivity contribution is 9.10. The SMILES string of the molecule is O=[N+]([O-])c1c(Cl)cccc1Oc1cncc(Br)c1. The number of hydrogen-bond acceptors (Lipinski definition) is 4. The number of benzene rings is 1. The molecule has 0 amide bonds. The normalized spacial score (nSPS) is 10.1. The average molecular weight is 330 g/mol. The summed E-state index contributed by atoms with van der Waals surface area (Å²) in [5, 5.41) is 10.9. The van der Waals surface area contributed by atoms with E-state index in [-0.39, 0.29) is 16.5 Å². The highest BCUT2D eigenvalue weighted by atomic mass is 79.9. The Morgan fingerprint density at radius 1 is 1.39 bits per heavy atom. The van der Waals surface area contributed by atoms with Gasteiger partial charge in [0, 0.05) is 10.7 Å². The first kappa shape index (κ1) is 12.8. The van der Waals surface area contributed by atoms with Gasteiger partial charge in [-0.05, 0) is 34.1 Å². The summed E-state index contributed by atoms with van der Waals surface area (Å²) in [6, 6.07) is 6.14. The first-order valence-corrected chi connectivity index (χ1v) is 5.96. The summed E-state index contributed by atoms with van der Waals surface area (Å²) in [5.41, 5.74) is -0.265. The summed E-state index contributed by atoms with van der Waals surface area (Å²) in [4.78, 5) is 14.2. The number of nitro groups is 1. The molecule has 18 heavy (non-hydrogen) atoms. The van der Waals surface area contributed by atoms with Crippen molar-refractivity contribution in [1.82, 2.24) is 4.98 Å². The minimum Gasteiger partial charge on any atom is -0.448 e. The van der Waals surface area contributed by atoms with Gasteiger partial charge in [0.05, 0.1) is 11.1 Å². The number of pyridine rings is 1. The predicted molar refractivity (Wildman–Crippen MR) is 70.1 cm³/mol. The lowest BCUT2D eigenvalue weighted by molar-refractivity contribution is -0.385. The molecule has 5 nitrogen and oxygen atoms in total. The Labute approximate surface area is 116 Å². The molecule has 0 N–H and O–H groups in total. The van der Waals surface area contributed by atoms with Crippen LogP contribution in [0.3, 0.4) is 0 Å². The van der Waals surface area contributed by atoms with E-state index in [0.29, 0.717) is 10.2 Å². The van der Waals surface area contributed by atoms with Crippen LogP contribution in [0.1, 0.15) is 0 Å². The third-order valence-corrected chi connectivity index (χ3v) is 2.78. The molecule has 1 aromatic carbocycles. The molecule has 2 aromatic rings. The van der Waals surface area contributed by atoms with Gasteiger partial charge < -0.3 is 4.74 Å². The van der Waals surface area contributed by atoms with Gasteiger partial charge in [-0.1, -0.05) is 17.7 Å². The van der Waals surface area contributed by atoms with E-state index >= 15 is 0 Å². The standard InChI is InChI=1S/C11H6BrClN2O3/c12-7-4-8(6-14-5-7)18-10-3-1-2-9(13)11(10)15(16)17/h1-6H. The fourth-order valence-corrected chi connectivity index (χ4v) is 1.91. The number of aromatic nitrogens is 1. The van der Waals surface area contributed by atoms with Gasteiger partial charge in [0.1, 0.15) is 10.8 Å². The summed E-state index contributed by atoms with van der Waals surface area (Å²) in [7, 11) is 0. The van der Waals surface area contributed by atoms with E-state index in [2.05, 4.69) is 20.9 Å². The predicted octanol–water partition coefficient (Wildman–Crippen LogP) is 4.20. The van der Waals surface area contributed by atoms with Crippen molar-refractivity contribution in [2.45, 2.75) is 0 Å². The van der Waals surface area contributed by atoms with E-state index in [0.717, 1.165) is 0 Å². The number of hydrogen-bond donors (Lipinski definition) is 0. The number of nitro benzene ring substituents is 1. The fraction of sp³-hybridized carbons (Fsp3) is 0. The molecule has 0 fully saturated rings. The monoisotopic (exact) mass is 328 g/mol. The summed E-state index contributed by atoms with van der Waals surface area (Å²) in [6.45, 7) is 0. The molecule has 0 aliphatic rings. The average Bonchev–Trinajstić information content (AvgIpc) is 2.28. The Balaban J connectivity index is 2.40. The molecule has 0 saturated heterocycles. The maximum atomic E-state index is 10.9. The molecule has 0 saturated carbocycles. The van der Waals surface area contributed by atoms with Crippen LogP contribution in [0.25, 0.3) is 0 Å². The van der Waals surface area contributed by atoms with Crippen molar-refractivity contribution >= 4 is 33.2 Å². The summed E-state index contributed by atoms with van der Waals surface area (Å²) >= 11 is 9.01. The van der Waals surface area contributed by atoms with E-state index in [9.17, 15) is 10.1 Å². The zero-order valence-electron chi connectivity index (χ0n) is 8.84.